The molecule has 0 fully saturated rings. The van der Waals surface area contributed by atoms with Gasteiger partial charge in [0.2, 0.25) is 0 Å². The van der Waals surface area contributed by atoms with Crippen LogP contribution in [0.5, 0.6) is 5.75 Å². The molecule has 0 spiro atoms. The fraction of sp³-hybridized carbons (Fsp3) is 0.400. The third-order valence-corrected chi connectivity index (χ3v) is 3.55. The minimum Gasteiger partial charge on any atom is -0.493 e. The van der Waals surface area contributed by atoms with Gasteiger partial charge < -0.3 is 10.1 Å². The lowest BCUT2D eigenvalue weighted by atomic mass is 10.0. The maximum Gasteiger partial charge on any atom is 0.119 e. The van der Waals surface area contributed by atoms with Gasteiger partial charge in [0.25, 0.3) is 0 Å². The first-order valence-electron chi connectivity index (χ1n) is 8.10. The second-order valence-electron chi connectivity index (χ2n) is 6.45. The number of anilines is 1. The van der Waals surface area contributed by atoms with Gasteiger partial charge in [-0.3, -0.25) is 0 Å². The maximum absolute atomic E-state index is 5.79. The Morgan fingerprint density at radius 2 is 1.73 bits per heavy atom. The zero-order chi connectivity index (χ0) is 15.9. The zero-order valence-corrected chi connectivity index (χ0v) is 14.1. The van der Waals surface area contributed by atoms with Crippen LogP contribution in [-0.2, 0) is 6.54 Å². The summed E-state index contributed by atoms with van der Waals surface area (Å²) in [6.07, 6.45) is 0. The Labute approximate surface area is 134 Å². The first-order valence-corrected chi connectivity index (χ1v) is 8.10. The number of benzene rings is 2. The van der Waals surface area contributed by atoms with Crippen molar-refractivity contribution in [2.45, 2.75) is 40.2 Å². The highest BCUT2D eigenvalue weighted by atomic mass is 16.5. The number of hydrogen-bond acceptors (Lipinski definition) is 2. The fourth-order valence-corrected chi connectivity index (χ4v) is 2.37. The van der Waals surface area contributed by atoms with E-state index in [0.717, 1.165) is 18.9 Å². The van der Waals surface area contributed by atoms with Crippen molar-refractivity contribution < 1.29 is 4.74 Å². The predicted molar refractivity (Wildman–Crippen MR) is 94.6 cm³/mol. The van der Waals surface area contributed by atoms with Gasteiger partial charge in [0.05, 0.1) is 6.61 Å². The van der Waals surface area contributed by atoms with Crippen LogP contribution in [0.15, 0.2) is 48.5 Å². The number of nitrogens with one attached hydrogen (secondary N) is 1. The van der Waals surface area contributed by atoms with Crippen molar-refractivity contribution in [2.24, 2.45) is 5.92 Å². The molecule has 0 aliphatic carbocycles. The Hall–Kier alpha value is -1.96. The monoisotopic (exact) mass is 297 g/mol. The molecular formula is C20H27NO. The highest BCUT2D eigenvalue weighted by molar-refractivity contribution is 5.53. The fourth-order valence-electron chi connectivity index (χ4n) is 2.37. The van der Waals surface area contributed by atoms with E-state index in [9.17, 15) is 0 Å². The molecule has 2 rings (SSSR count). The van der Waals surface area contributed by atoms with Crippen LogP contribution >= 0.6 is 0 Å². The standard InChI is InChI=1S/C20H27NO/c1-15(2)14-22-18-9-7-8-17(12-18)13-21-20-11-6-5-10-19(20)16(3)4/h5-12,15-16,21H,13-14H2,1-4H3. The van der Waals surface area contributed by atoms with E-state index in [1.807, 2.05) is 6.07 Å². The average Bonchev–Trinajstić information content (AvgIpc) is 2.51. The van der Waals surface area contributed by atoms with Gasteiger partial charge in [-0.1, -0.05) is 58.0 Å². The highest BCUT2D eigenvalue weighted by Gasteiger charge is 2.05. The van der Waals surface area contributed by atoms with Crippen LogP contribution in [0.3, 0.4) is 0 Å². The Morgan fingerprint density at radius 1 is 0.955 bits per heavy atom. The molecule has 118 valence electrons. The zero-order valence-electron chi connectivity index (χ0n) is 14.1. The second-order valence-corrected chi connectivity index (χ2v) is 6.45. The van der Waals surface area contributed by atoms with Crippen molar-refractivity contribution >= 4 is 5.69 Å². The van der Waals surface area contributed by atoms with Gasteiger partial charge >= 0.3 is 0 Å². The molecule has 0 bridgehead atoms. The predicted octanol–water partition coefficient (Wildman–Crippen LogP) is 5.46. The molecule has 0 unspecified atom stereocenters. The van der Waals surface area contributed by atoms with Crippen LogP contribution in [0.4, 0.5) is 5.69 Å². The summed E-state index contributed by atoms with van der Waals surface area (Å²) in [5.74, 6) is 2.01. The minimum atomic E-state index is 0.518. The largest absolute Gasteiger partial charge is 0.493 e. The summed E-state index contributed by atoms with van der Waals surface area (Å²) in [5, 5.41) is 3.55. The summed E-state index contributed by atoms with van der Waals surface area (Å²) in [6.45, 7) is 10.3. The Balaban J connectivity index is 2.01. The summed E-state index contributed by atoms with van der Waals surface area (Å²) < 4.78 is 5.79. The van der Waals surface area contributed by atoms with E-state index < -0.39 is 0 Å². The molecule has 2 aromatic rings. The van der Waals surface area contributed by atoms with Crippen LogP contribution in [0.2, 0.25) is 0 Å². The SMILES string of the molecule is CC(C)COc1cccc(CNc2ccccc2C(C)C)c1. The third kappa shape index (κ3) is 4.80. The molecule has 2 aromatic carbocycles. The quantitative estimate of drug-likeness (QED) is 0.733. The summed E-state index contributed by atoms with van der Waals surface area (Å²) in [4.78, 5) is 0. The Kier molecular flexibility index (Phi) is 5.88. The molecule has 0 saturated heterocycles. The van der Waals surface area contributed by atoms with Gasteiger partial charge in [0.1, 0.15) is 5.75 Å². The van der Waals surface area contributed by atoms with E-state index in [2.05, 4.69) is 75.5 Å². The van der Waals surface area contributed by atoms with Crippen molar-refractivity contribution in [3.05, 3.63) is 59.7 Å². The third-order valence-electron chi connectivity index (χ3n) is 3.55. The maximum atomic E-state index is 5.79. The molecule has 1 N–H and O–H groups in total. The van der Waals surface area contributed by atoms with Crippen LogP contribution < -0.4 is 10.1 Å². The van der Waals surface area contributed by atoms with E-state index in [4.69, 9.17) is 4.74 Å². The number of hydrogen-bond donors (Lipinski definition) is 1. The first-order chi connectivity index (χ1) is 10.6. The lowest BCUT2D eigenvalue weighted by Crippen LogP contribution is -2.06. The van der Waals surface area contributed by atoms with Gasteiger partial charge in [-0.25, -0.2) is 0 Å². The number of para-hydroxylation sites is 1. The van der Waals surface area contributed by atoms with E-state index in [1.165, 1.54) is 16.8 Å². The van der Waals surface area contributed by atoms with Crippen molar-refractivity contribution in [3.63, 3.8) is 0 Å². The van der Waals surface area contributed by atoms with Crippen LogP contribution in [-0.4, -0.2) is 6.61 Å². The van der Waals surface area contributed by atoms with Crippen molar-refractivity contribution in [3.8, 4) is 5.75 Å². The first kappa shape index (κ1) is 16.4. The van der Waals surface area contributed by atoms with Crippen LogP contribution in [0.25, 0.3) is 0 Å². The molecule has 0 atom stereocenters. The van der Waals surface area contributed by atoms with Gasteiger partial charge in [0.15, 0.2) is 0 Å². The van der Waals surface area contributed by atoms with Crippen LogP contribution in [0, 0.1) is 5.92 Å². The molecule has 22 heavy (non-hydrogen) atoms. The highest BCUT2D eigenvalue weighted by Crippen LogP contribution is 2.24. The lowest BCUT2D eigenvalue weighted by molar-refractivity contribution is 0.271. The molecular weight excluding hydrogens is 270 g/mol. The summed E-state index contributed by atoms with van der Waals surface area (Å²) in [6, 6.07) is 16.8. The van der Waals surface area contributed by atoms with Gasteiger partial charge in [-0.2, -0.15) is 0 Å². The molecule has 0 aliphatic rings. The number of ether oxygens (including phenoxy) is 1. The Bertz CT molecular complexity index is 590. The molecule has 0 aliphatic heterocycles. The van der Waals surface area contributed by atoms with E-state index in [1.54, 1.807) is 0 Å². The smallest absolute Gasteiger partial charge is 0.119 e. The summed E-state index contributed by atoms with van der Waals surface area (Å²) >= 11 is 0. The van der Waals surface area contributed by atoms with Gasteiger partial charge in [-0.15, -0.1) is 0 Å². The topological polar surface area (TPSA) is 21.3 Å². The summed E-state index contributed by atoms with van der Waals surface area (Å²) in [7, 11) is 0. The van der Waals surface area contributed by atoms with E-state index in [0.29, 0.717) is 11.8 Å². The molecule has 0 heterocycles. The van der Waals surface area contributed by atoms with E-state index in [-0.39, 0.29) is 0 Å². The van der Waals surface area contributed by atoms with Gasteiger partial charge in [-0.05, 0) is 41.2 Å². The molecule has 0 aromatic heterocycles. The number of rotatable bonds is 7. The van der Waals surface area contributed by atoms with E-state index >= 15 is 0 Å². The lowest BCUT2D eigenvalue weighted by Gasteiger charge is -2.15. The average molecular weight is 297 g/mol. The normalized spacial score (nSPS) is 11.0. The van der Waals surface area contributed by atoms with Crippen molar-refractivity contribution in [2.75, 3.05) is 11.9 Å². The van der Waals surface area contributed by atoms with Gasteiger partial charge in [0, 0.05) is 12.2 Å². The minimum absolute atomic E-state index is 0.518. The van der Waals surface area contributed by atoms with Crippen LogP contribution in [0.1, 0.15) is 44.7 Å². The molecule has 0 radical (unpaired) electrons. The Morgan fingerprint density at radius 3 is 2.45 bits per heavy atom. The van der Waals surface area contributed by atoms with Crippen molar-refractivity contribution in [1.29, 1.82) is 0 Å². The second kappa shape index (κ2) is 7.88. The molecule has 0 saturated carbocycles. The molecule has 2 nitrogen and oxygen atoms in total. The molecule has 0 amide bonds. The van der Waals surface area contributed by atoms with Crippen molar-refractivity contribution in [1.82, 2.24) is 0 Å². The summed E-state index contributed by atoms with van der Waals surface area (Å²) in [5.41, 5.74) is 3.81. The molecule has 2 heteroatoms.